The van der Waals surface area contributed by atoms with Crippen molar-refractivity contribution in [3.63, 3.8) is 0 Å². The Labute approximate surface area is 267 Å². The minimum Gasteiger partial charge on any atom is -0.383 e. The monoisotopic (exact) mass is 649 g/mol. The van der Waals surface area contributed by atoms with Gasteiger partial charge in [-0.1, -0.05) is 36.4 Å². The first-order valence-electron chi connectivity index (χ1n) is 14.3. The lowest BCUT2D eigenvalue weighted by Gasteiger charge is -2.24. The molecule has 2 aromatic heterocycles. The second-order valence-corrected chi connectivity index (χ2v) is 11.7. The van der Waals surface area contributed by atoms with E-state index in [-0.39, 0.29) is 21.8 Å². The first kappa shape index (κ1) is 32.7. The minimum absolute atomic E-state index is 0.0339. The second-order valence-electron chi connectivity index (χ2n) is 10.7. The lowest BCUT2D eigenvalue weighted by atomic mass is 10.1. The summed E-state index contributed by atoms with van der Waals surface area (Å²) in [7, 11) is 4.83. The number of rotatable bonds is 11. The number of hydrogen-bond acceptors (Lipinski definition) is 7. The number of nitrogens with zero attached hydrogens (tertiary/aromatic N) is 3. The number of carbonyl (C=O) groups excluding carboxylic acids is 1. The Bertz CT molecular complexity index is 1960. The number of hydroxylamine groups is 1. The van der Waals surface area contributed by atoms with E-state index in [1.807, 2.05) is 18.9 Å². The highest BCUT2D eigenvalue weighted by Gasteiger charge is 2.26. The van der Waals surface area contributed by atoms with Crippen molar-refractivity contribution in [3.8, 4) is 16.1 Å². The van der Waals surface area contributed by atoms with Crippen molar-refractivity contribution in [1.82, 2.24) is 19.5 Å². The third-order valence-electron chi connectivity index (χ3n) is 7.63. The van der Waals surface area contributed by atoms with Crippen LogP contribution in [0.15, 0.2) is 82.4 Å². The number of thiophene rings is 1. The molecule has 2 amide bonds. The number of carbonyl (C=O) groups is 1. The highest BCUT2D eigenvalue weighted by molar-refractivity contribution is 7.22. The predicted octanol–water partition coefficient (Wildman–Crippen LogP) is 5.36. The summed E-state index contributed by atoms with van der Waals surface area (Å²) >= 11 is 1.19. The van der Waals surface area contributed by atoms with Crippen molar-refractivity contribution in [3.05, 3.63) is 116 Å². The average molecular weight is 650 g/mol. The number of methoxy groups -OCH3 is 1. The maximum atomic E-state index is 14.9. The number of nitrogens with one attached hydrogen (secondary N) is 2. The van der Waals surface area contributed by atoms with E-state index in [9.17, 15) is 23.2 Å². The van der Waals surface area contributed by atoms with Crippen LogP contribution in [0, 0.1) is 11.6 Å². The van der Waals surface area contributed by atoms with Crippen LogP contribution in [0.25, 0.3) is 26.3 Å². The zero-order valence-corrected chi connectivity index (χ0v) is 26.5. The summed E-state index contributed by atoms with van der Waals surface area (Å²) in [5.74, 6) is -1.61. The van der Waals surface area contributed by atoms with Gasteiger partial charge in [0.25, 0.3) is 5.56 Å². The summed E-state index contributed by atoms with van der Waals surface area (Å²) in [4.78, 5) is 48.1. The number of likely N-dealkylation sites (N-methyl/N-ethyl adjacent to an activating group) is 1. The van der Waals surface area contributed by atoms with Crippen LogP contribution in [0.1, 0.15) is 18.1 Å². The summed E-state index contributed by atoms with van der Waals surface area (Å²) < 4.78 is 37.6. The maximum Gasteiger partial charge on any atom is 0.343 e. The maximum absolute atomic E-state index is 14.9. The van der Waals surface area contributed by atoms with Crippen molar-refractivity contribution in [2.45, 2.75) is 26.1 Å². The number of halogens is 2. The third kappa shape index (κ3) is 6.63. The molecule has 0 spiro atoms. The Hall–Kier alpha value is -4.69. The van der Waals surface area contributed by atoms with Crippen molar-refractivity contribution < 1.29 is 23.1 Å². The van der Waals surface area contributed by atoms with Gasteiger partial charge in [0.15, 0.2) is 0 Å². The Morgan fingerprint density at radius 3 is 2.26 bits per heavy atom. The van der Waals surface area contributed by atoms with E-state index in [0.717, 1.165) is 16.7 Å². The molecular weight excluding hydrogens is 616 g/mol. The smallest absolute Gasteiger partial charge is 0.343 e. The molecule has 0 aliphatic carbocycles. The fourth-order valence-electron chi connectivity index (χ4n) is 5.17. The van der Waals surface area contributed by atoms with Crippen LogP contribution in [0.5, 0.6) is 0 Å². The zero-order valence-electron chi connectivity index (χ0n) is 25.7. The molecule has 0 saturated heterocycles. The van der Waals surface area contributed by atoms with Gasteiger partial charge in [-0.05, 0) is 61.5 Å². The van der Waals surface area contributed by atoms with E-state index in [2.05, 4.69) is 15.6 Å². The summed E-state index contributed by atoms with van der Waals surface area (Å²) in [6, 6.07) is 18.3. The molecule has 0 aliphatic rings. The van der Waals surface area contributed by atoms with Crippen LogP contribution in [-0.4, -0.2) is 54.0 Å². The van der Waals surface area contributed by atoms with Gasteiger partial charge < -0.3 is 10.1 Å². The van der Waals surface area contributed by atoms with Crippen LogP contribution < -0.4 is 22.0 Å². The SMILES string of the molecule is COCC(C)N(C)Cc1c(-c2ccc(NC(=O)NOC)cc2)sc2c1c(=O)n(-c1ccccc1)c(=O)n2Cc1c(F)cccc1F. The summed E-state index contributed by atoms with van der Waals surface area (Å²) in [6.07, 6.45) is 0. The lowest BCUT2D eigenvalue weighted by Crippen LogP contribution is -2.39. The van der Waals surface area contributed by atoms with Gasteiger partial charge in [-0.2, -0.15) is 0 Å². The Morgan fingerprint density at radius 2 is 1.63 bits per heavy atom. The van der Waals surface area contributed by atoms with Crippen LogP contribution in [-0.2, 0) is 22.7 Å². The number of amides is 2. The predicted molar refractivity (Wildman–Crippen MR) is 175 cm³/mol. The number of urea groups is 1. The van der Waals surface area contributed by atoms with Gasteiger partial charge in [-0.3, -0.25) is 19.1 Å². The van der Waals surface area contributed by atoms with Crippen LogP contribution in [0.2, 0.25) is 0 Å². The van der Waals surface area contributed by atoms with Gasteiger partial charge in [0.2, 0.25) is 0 Å². The molecule has 0 fully saturated rings. The number of fused-ring (bicyclic) bond motifs is 1. The molecule has 5 rings (SSSR count). The van der Waals surface area contributed by atoms with Crippen molar-refractivity contribution >= 4 is 33.3 Å². The molecule has 13 heteroatoms. The Kier molecular flexibility index (Phi) is 10.1. The molecule has 1 unspecified atom stereocenters. The molecule has 0 saturated carbocycles. The number of ether oxygens (including phenoxy) is 1. The zero-order chi connectivity index (χ0) is 33.0. The van der Waals surface area contributed by atoms with Gasteiger partial charge in [-0.15, -0.1) is 11.3 Å². The minimum atomic E-state index is -0.803. The van der Waals surface area contributed by atoms with Crippen LogP contribution in [0.4, 0.5) is 19.3 Å². The van der Waals surface area contributed by atoms with Crippen LogP contribution >= 0.6 is 11.3 Å². The molecule has 240 valence electrons. The quantitative estimate of drug-likeness (QED) is 0.187. The molecule has 46 heavy (non-hydrogen) atoms. The van der Waals surface area contributed by atoms with Gasteiger partial charge in [0, 0.05) is 35.8 Å². The topological polar surface area (TPSA) is 107 Å². The number of benzene rings is 3. The molecule has 10 nitrogen and oxygen atoms in total. The van der Waals surface area contributed by atoms with E-state index in [4.69, 9.17) is 4.74 Å². The van der Waals surface area contributed by atoms with Crippen molar-refractivity contribution in [2.24, 2.45) is 0 Å². The van der Waals surface area contributed by atoms with E-state index in [0.29, 0.717) is 40.5 Å². The largest absolute Gasteiger partial charge is 0.383 e. The first-order chi connectivity index (χ1) is 22.1. The normalized spacial score (nSPS) is 12.1. The molecule has 0 aliphatic heterocycles. The van der Waals surface area contributed by atoms with Gasteiger partial charge in [0.05, 0.1) is 31.3 Å². The van der Waals surface area contributed by atoms with Gasteiger partial charge >= 0.3 is 11.7 Å². The van der Waals surface area contributed by atoms with Crippen LogP contribution in [0.3, 0.4) is 0 Å². The summed E-state index contributed by atoms with van der Waals surface area (Å²) in [5.41, 5.74) is 2.79. The van der Waals surface area contributed by atoms with Crippen molar-refractivity contribution in [2.75, 3.05) is 33.2 Å². The number of para-hydroxylation sites is 1. The second kappa shape index (κ2) is 14.2. The highest BCUT2D eigenvalue weighted by atomic mass is 32.1. The third-order valence-corrected chi connectivity index (χ3v) is 8.94. The summed E-state index contributed by atoms with van der Waals surface area (Å²) in [6.45, 7) is 2.28. The molecule has 1 atom stereocenters. The Morgan fingerprint density at radius 1 is 0.957 bits per heavy atom. The van der Waals surface area contributed by atoms with E-state index < -0.39 is 35.5 Å². The first-order valence-corrected chi connectivity index (χ1v) is 15.1. The number of aromatic nitrogens is 2. The molecule has 0 radical (unpaired) electrons. The molecule has 2 heterocycles. The number of hydrogen-bond donors (Lipinski definition) is 2. The highest BCUT2D eigenvalue weighted by Crippen LogP contribution is 2.38. The fourth-order valence-corrected chi connectivity index (χ4v) is 6.47. The average Bonchev–Trinajstić information content (AvgIpc) is 3.40. The fraction of sp³-hybridized carbons (Fsp3) is 0.242. The van der Waals surface area contributed by atoms with E-state index >= 15 is 0 Å². The molecule has 5 aromatic rings. The molecule has 3 aromatic carbocycles. The van der Waals surface area contributed by atoms with Gasteiger partial charge in [0.1, 0.15) is 16.5 Å². The van der Waals surface area contributed by atoms with Gasteiger partial charge in [-0.25, -0.2) is 28.4 Å². The van der Waals surface area contributed by atoms with E-state index in [1.54, 1.807) is 61.7 Å². The van der Waals surface area contributed by atoms with Crippen molar-refractivity contribution in [1.29, 1.82) is 0 Å². The molecule has 0 bridgehead atoms. The Balaban J connectivity index is 1.79. The standard InChI is InChI=1S/C33H33F2N5O5S/c1-20(19-44-3)38(2)17-25-28-30(41)40(23-9-6-5-7-10-23)33(43)39(18-24-26(34)11-8-12-27(24)35)31(28)46-29(25)21-13-15-22(16-14-21)36-32(42)37-45-4/h5-16,20H,17-19H2,1-4H3,(H2,36,37,42). The molecule has 2 N–H and O–H groups in total. The number of anilines is 1. The van der Waals surface area contributed by atoms with E-state index in [1.165, 1.54) is 29.1 Å². The molecular formula is C33H33F2N5O5S. The summed E-state index contributed by atoms with van der Waals surface area (Å²) in [5, 5.41) is 2.91. The lowest BCUT2D eigenvalue weighted by molar-refractivity contribution is 0.112.